The fraction of sp³-hybridized carbons (Fsp3) is 0.231. The van der Waals surface area contributed by atoms with Crippen LogP contribution in [0.3, 0.4) is 0 Å². The van der Waals surface area contributed by atoms with Gasteiger partial charge >= 0.3 is 12.2 Å². The Labute approximate surface area is 230 Å². The fourth-order valence-electron chi connectivity index (χ4n) is 4.15. The highest BCUT2D eigenvalue weighted by Gasteiger charge is 2.33. The van der Waals surface area contributed by atoms with Crippen LogP contribution >= 0.6 is 11.6 Å². The molecule has 0 unspecified atom stereocenters. The molecule has 2 aromatic carbocycles. The highest BCUT2D eigenvalue weighted by molar-refractivity contribution is 6.34. The van der Waals surface area contributed by atoms with E-state index < -0.39 is 23.7 Å². The van der Waals surface area contributed by atoms with Crippen LogP contribution in [0.4, 0.5) is 29.3 Å². The number of carbonyl (C=O) groups excluding carboxylic acids is 2. The summed E-state index contributed by atoms with van der Waals surface area (Å²) >= 11 is 6.34. The van der Waals surface area contributed by atoms with Crippen molar-refractivity contribution in [2.75, 3.05) is 36.9 Å². The number of urea groups is 1. The van der Waals surface area contributed by atoms with Crippen LogP contribution in [0.25, 0.3) is 11.0 Å². The minimum absolute atomic E-state index is 0.108. The van der Waals surface area contributed by atoms with Crippen molar-refractivity contribution < 1.29 is 32.2 Å². The number of halogens is 4. The van der Waals surface area contributed by atoms with E-state index in [9.17, 15) is 22.8 Å². The van der Waals surface area contributed by atoms with E-state index in [1.54, 1.807) is 10.6 Å². The second-order valence-electron chi connectivity index (χ2n) is 8.86. The Balaban J connectivity index is 1.31. The third-order valence-corrected chi connectivity index (χ3v) is 6.41. The van der Waals surface area contributed by atoms with Crippen LogP contribution in [0.15, 0.2) is 55.0 Å². The molecule has 2 N–H and O–H groups in total. The maximum Gasteiger partial charge on any atom is 0.416 e. The zero-order valence-electron chi connectivity index (χ0n) is 21.0. The number of alkyl halides is 3. The van der Waals surface area contributed by atoms with Gasteiger partial charge in [0.25, 0.3) is 5.91 Å². The second-order valence-corrected chi connectivity index (χ2v) is 9.27. The first-order valence-corrected chi connectivity index (χ1v) is 12.4. The third-order valence-electron chi connectivity index (χ3n) is 6.09. The molecule has 208 valence electrons. The SMILES string of the molecule is Cn1ccc2ncnc(Oc3ccc(NC(=O)Nc4cc(C(=O)N5CCOCC5)cc(C(F)(F)F)c4)c(Cl)c3)c21. The number of amides is 3. The Bertz CT molecular complexity index is 1590. The van der Waals surface area contributed by atoms with E-state index in [1.807, 2.05) is 19.3 Å². The molecule has 2 aromatic heterocycles. The average Bonchev–Trinajstić information content (AvgIpc) is 3.31. The zero-order chi connectivity index (χ0) is 28.4. The first kappa shape index (κ1) is 27.2. The van der Waals surface area contributed by atoms with Gasteiger partial charge in [-0.1, -0.05) is 11.6 Å². The fourth-order valence-corrected chi connectivity index (χ4v) is 4.37. The summed E-state index contributed by atoms with van der Waals surface area (Å²) in [6.45, 7) is 1.09. The number of aromatic nitrogens is 3. The van der Waals surface area contributed by atoms with Gasteiger partial charge in [-0.2, -0.15) is 18.2 Å². The lowest BCUT2D eigenvalue weighted by atomic mass is 10.1. The smallest absolute Gasteiger partial charge is 0.416 e. The summed E-state index contributed by atoms with van der Waals surface area (Å²) in [6, 6.07) is 8.13. The number of aryl methyl sites for hydroxylation is 1. The molecule has 0 atom stereocenters. The standard InChI is InChI=1S/C26H22ClF3N6O4/c1-35-5-4-21-22(35)23(32-14-31-21)40-18-2-3-20(19(27)13-18)34-25(38)33-17-11-15(10-16(12-17)26(28,29)30)24(37)36-6-8-39-9-7-36/h2-5,10-14H,6-9H2,1H3,(H2,33,34,38). The van der Waals surface area contributed by atoms with Crippen molar-refractivity contribution in [3.63, 3.8) is 0 Å². The molecule has 0 aliphatic carbocycles. The molecule has 10 nitrogen and oxygen atoms in total. The van der Waals surface area contributed by atoms with Gasteiger partial charge in [0.15, 0.2) is 0 Å². The van der Waals surface area contributed by atoms with Crippen molar-refractivity contribution in [3.05, 3.63) is 71.1 Å². The summed E-state index contributed by atoms with van der Waals surface area (Å²) in [5, 5.41) is 4.95. The summed E-state index contributed by atoms with van der Waals surface area (Å²) < 4.78 is 53.6. The Morgan fingerprint density at radius 2 is 1.82 bits per heavy atom. The molecule has 3 amide bonds. The number of nitrogens with zero attached hydrogens (tertiary/aromatic N) is 4. The third kappa shape index (κ3) is 5.95. The number of hydrogen-bond acceptors (Lipinski definition) is 6. The van der Waals surface area contributed by atoms with Gasteiger partial charge in [-0.05, 0) is 36.4 Å². The first-order chi connectivity index (χ1) is 19.1. The van der Waals surface area contributed by atoms with Gasteiger partial charge in [0, 0.05) is 43.7 Å². The topological polar surface area (TPSA) is 111 Å². The maximum absolute atomic E-state index is 13.6. The predicted octanol–water partition coefficient (Wildman–Crippen LogP) is 5.55. The highest BCUT2D eigenvalue weighted by atomic mass is 35.5. The minimum Gasteiger partial charge on any atom is -0.437 e. The molecule has 1 aliphatic heterocycles. The number of morpholine rings is 1. The van der Waals surface area contributed by atoms with E-state index in [-0.39, 0.29) is 35.1 Å². The number of fused-ring (bicyclic) bond motifs is 1. The van der Waals surface area contributed by atoms with Gasteiger partial charge in [-0.3, -0.25) is 4.79 Å². The van der Waals surface area contributed by atoms with Gasteiger partial charge in [0.1, 0.15) is 17.6 Å². The Morgan fingerprint density at radius 1 is 1.05 bits per heavy atom. The van der Waals surface area contributed by atoms with Crippen LogP contribution in [0.2, 0.25) is 5.02 Å². The number of carbonyl (C=O) groups is 2. The summed E-state index contributed by atoms with van der Waals surface area (Å²) in [6.07, 6.45) is -1.55. The highest BCUT2D eigenvalue weighted by Crippen LogP contribution is 2.34. The van der Waals surface area contributed by atoms with Crippen LogP contribution in [0.1, 0.15) is 15.9 Å². The number of anilines is 2. The van der Waals surface area contributed by atoms with E-state index in [0.717, 1.165) is 12.1 Å². The first-order valence-electron chi connectivity index (χ1n) is 12.0. The van der Waals surface area contributed by atoms with Gasteiger partial charge in [-0.25, -0.2) is 9.78 Å². The minimum atomic E-state index is -4.73. The molecule has 0 bridgehead atoms. The Hall–Kier alpha value is -4.36. The van der Waals surface area contributed by atoms with Crippen molar-refractivity contribution in [3.8, 4) is 11.6 Å². The second kappa shape index (κ2) is 11.0. The molecule has 1 saturated heterocycles. The predicted molar refractivity (Wildman–Crippen MR) is 141 cm³/mol. The number of nitrogens with one attached hydrogen (secondary N) is 2. The Kier molecular flexibility index (Phi) is 7.50. The number of hydrogen-bond donors (Lipinski definition) is 2. The van der Waals surface area contributed by atoms with Crippen molar-refractivity contribution >= 4 is 45.9 Å². The lowest BCUT2D eigenvalue weighted by molar-refractivity contribution is -0.137. The molecular weight excluding hydrogens is 553 g/mol. The molecule has 5 rings (SSSR count). The average molecular weight is 575 g/mol. The summed E-state index contributed by atoms with van der Waals surface area (Å²) in [5.74, 6) is 0.0492. The van der Waals surface area contributed by atoms with Crippen LogP contribution in [-0.2, 0) is 18.0 Å². The number of benzene rings is 2. The van der Waals surface area contributed by atoms with Crippen LogP contribution in [-0.4, -0.2) is 57.7 Å². The molecule has 1 fully saturated rings. The van der Waals surface area contributed by atoms with Gasteiger partial charge in [-0.15, -0.1) is 0 Å². The van der Waals surface area contributed by atoms with E-state index in [2.05, 4.69) is 20.6 Å². The maximum atomic E-state index is 13.6. The molecule has 0 spiro atoms. The Morgan fingerprint density at radius 3 is 2.55 bits per heavy atom. The largest absolute Gasteiger partial charge is 0.437 e. The van der Waals surface area contributed by atoms with Crippen LogP contribution in [0.5, 0.6) is 11.6 Å². The summed E-state index contributed by atoms with van der Waals surface area (Å²) in [5.41, 5.74) is 0.0537. The summed E-state index contributed by atoms with van der Waals surface area (Å²) in [7, 11) is 1.82. The molecule has 14 heteroatoms. The van der Waals surface area contributed by atoms with E-state index in [1.165, 1.54) is 29.4 Å². The molecule has 1 aliphatic rings. The van der Waals surface area contributed by atoms with E-state index in [0.29, 0.717) is 35.9 Å². The molecule has 0 radical (unpaired) electrons. The number of ether oxygens (including phenoxy) is 2. The van der Waals surface area contributed by atoms with Crippen molar-refractivity contribution in [1.29, 1.82) is 0 Å². The lowest BCUT2D eigenvalue weighted by Crippen LogP contribution is -2.40. The van der Waals surface area contributed by atoms with Crippen LogP contribution < -0.4 is 15.4 Å². The zero-order valence-corrected chi connectivity index (χ0v) is 21.7. The van der Waals surface area contributed by atoms with Crippen LogP contribution in [0, 0.1) is 0 Å². The van der Waals surface area contributed by atoms with Gasteiger partial charge in [0.2, 0.25) is 5.88 Å². The lowest BCUT2D eigenvalue weighted by Gasteiger charge is -2.27. The molecule has 40 heavy (non-hydrogen) atoms. The van der Waals surface area contributed by atoms with Crippen molar-refractivity contribution in [1.82, 2.24) is 19.4 Å². The van der Waals surface area contributed by atoms with E-state index in [4.69, 9.17) is 21.1 Å². The van der Waals surface area contributed by atoms with E-state index >= 15 is 0 Å². The molecular formula is C26H22ClF3N6O4. The monoisotopic (exact) mass is 574 g/mol. The quantitative estimate of drug-likeness (QED) is 0.323. The molecule has 0 saturated carbocycles. The van der Waals surface area contributed by atoms with Crippen molar-refractivity contribution in [2.24, 2.45) is 7.05 Å². The normalized spacial score (nSPS) is 13.8. The molecule has 3 heterocycles. The van der Waals surface area contributed by atoms with Gasteiger partial charge < -0.3 is 29.6 Å². The van der Waals surface area contributed by atoms with Gasteiger partial charge in [0.05, 0.1) is 35.0 Å². The summed E-state index contributed by atoms with van der Waals surface area (Å²) in [4.78, 5) is 35.3. The number of rotatable bonds is 5. The molecule has 4 aromatic rings. The van der Waals surface area contributed by atoms with Crippen molar-refractivity contribution in [2.45, 2.75) is 6.18 Å².